The molecule has 1 aromatic rings. The number of rotatable bonds is 4. The van der Waals surface area contributed by atoms with Crippen LogP contribution in [0.5, 0.6) is 0 Å². The minimum Gasteiger partial charge on any atom is -0.374 e. The number of hydrogen-bond acceptors (Lipinski definition) is 3. The summed E-state index contributed by atoms with van der Waals surface area (Å²) >= 11 is 5.91. The third kappa shape index (κ3) is 4.18. The molecule has 0 saturated carbocycles. The zero-order chi connectivity index (χ0) is 13.8. The summed E-state index contributed by atoms with van der Waals surface area (Å²) in [6.45, 7) is 6.96. The van der Waals surface area contributed by atoms with Crippen molar-refractivity contribution in [2.24, 2.45) is 5.73 Å². The van der Waals surface area contributed by atoms with Gasteiger partial charge in [0, 0.05) is 30.2 Å². The normalized spacial score (nSPS) is 24.1. The molecule has 0 radical (unpaired) electrons. The van der Waals surface area contributed by atoms with Crippen LogP contribution in [-0.2, 0) is 11.2 Å². The fourth-order valence-electron chi connectivity index (χ4n) is 2.51. The van der Waals surface area contributed by atoms with Gasteiger partial charge in [0.1, 0.15) is 0 Å². The quantitative estimate of drug-likeness (QED) is 0.921. The first-order chi connectivity index (χ1) is 9.06. The van der Waals surface area contributed by atoms with Gasteiger partial charge in [-0.2, -0.15) is 0 Å². The van der Waals surface area contributed by atoms with Gasteiger partial charge >= 0.3 is 0 Å². The molecule has 1 heterocycles. The molecule has 19 heavy (non-hydrogen) atoms. The van der Waals surface area contributed by atoms with Gasteiger partial charge in [-0.05, 0) is 38.0 Å². The van der Waals surface area contributed by atoms with E-state index in [0.29, 0.717) is 6.04 Å². The summed E-state index contributed by atoms with van der Waals surface area (Å²) < 4.78 is 5.70. The second-order valence-electron chi connectivity index (χ2n) is 5.44. The van der Waals surface area contributed by atoms with Gasteiger partial charge < -0.3 is 10.5 Å². The van der Waals surface area contributed by atoms with E-state index in [1.165, 1.54) is 5.56 Å². The number of halogens is 1. The second kappa shape index (κ2) is 6.71. The first-order valence-electron chi connectivity index (χ1n) is 6.92. The molecule has 0 aromatic heterocycles. The lowest BCUT2D eigenvalue weighted by atomic mass is 10.0. The topological polar surface area (TPSA) is 38.5 Å². The van der Waals surface area contributed by atoms with Crippen LogP contribution < -0.4 is 5.73 Å². The molecular formula is C15H23ClN2O. The Morgan fingerprint density at radius 2 is 2.05 bits per heavy atom. The van der Waals surface area contributed by atoms with E-state index in [4.69, 9.17) is 22.1 Å². The van der Waals surface area contributed by atoms with Crippen LogP contribution >= 0.6 is 11.6 Å². The number of morpholine rings is 1. The zero-order valence-electron chi connectivity index (χ0n) is 11.7. The molecule has 2 rings (SSSR count). The lowest BCUT2D eigenvalue weighted by Crippen LogP contribution is -2.52. The van der Waals surface area contributed by atoms with Gasteiger partial charge in [-0.1, -0.05) is 23.7 Å². The van der Waals surface area contributed by atoms with E-state index in [1.807, 2.05) is 19.1 Å². The molecular weight excluding hydrogens is 260 g/mol. The second-order valence-corrected chi connectivity index (χ2v) is 5.88. The first-order valence-corrected chi connectivity index (χ1v) is 7.29. The van der Waals surface area contributed by atoms with E-state index in [1.54, 1.807) is 0 Å². The van der Waals surface area contributed by atoms with E-state index in [2.05, 4.69) is 24.0 Å². The zero-order valence-corrected chi connectivity index (χ0v) is 12.4. The van der Waals surface area contributed by atoms with E-state index in [-0.39, 0.29) is 12.1 Å². The molecule has 1 saturated heterocycles. The maximum atomic E-state index is 5.93. The van der Waals surface area contributed by atoms with Crippen molar-refractivity contribution in [3.8, 4) is 0 Å². The molecule has 1 aromatic carbocycles. The Bertz CT molecular complexity index is 394. The van der Waals surface area contributed by atoms with Gasteiger partial charge in [0.2, 0.25) is 0 Å². The Labute approximate surface area is 120 Å². The van der Waals surface area contributed by atoms with Gasteiger partial charge in [0.05, 0.1) is 12.7 Å². The Morgan fingerprint density at radius 3 is 2.68 bits per heavy atom. The monoisotopic (exact) mass is 282 g/mol. The molecule has 3 atom stereocenters. The minimum absolute atomic E-state index is 0.0885. The summed E-state index contributed by atoms with van der Waals surface area (Å²) in [7, 11) is 0. The van der Waals surface area contributed by atoms with Crippen molar-refractivity contribution in [1.29, 1.82) is 0 Å². The third-order valence-corrected chi connectivity index (χ3v) is 4.03. The first kappa shape index (κ1) is 14.8. The van der Waals surface area contributed by atoms with Crippen LogP contribution in [0.3, 0.4) is 0 Å². The average molecular weight is 283 g/mol. The van der Waals surface area contributed by atoms with Crippen LogP contribution in [0.2, 0.25) is 5.02 Å². The lowest BCUT2D eigenvalue weighted by molar-refractivity contribution is -0.0492. The van der Waals surface area contributed by atoms with Crippen molar-refractivity contribution >= 4 is 11.6 Å². The van der Waals surface area contributed by atoms with Gasteiger partial charge in [-0.3, -0.25) is 4.90 Å². The number of nitrogens with zero attached hydrogens (tertiary/aromatic N) is 1. The summed E-state index contributed by atoms with van der Waals surface area (Å²) in [5.41, 5.74) is 7.25. The van der Waals surface area contributed by atoms with E-state index < -0.39 is 0 Å². The highest BCUT2D eigenvalue weighted by Crippen LogP contribution is 2.16. The van der Waals surface area contributed by atoms with Gasteiger partial charge in [0.25, 0.3) is 0 Å². The average Bonchev–Trinajstić information content (AvgIpc) is 2.41. The molecule has 0 bridgehead atoms. The molecule has 1 aliphatic heterocycles. The Kier molecular flexibility index (Phi) is 5.22. The molecule has 3 unspecified atom stereocenters. The van der Waals surface area contributed by atoms with Crippen molar-refractivity contribution in [2.45, 2.75) is 38.5 Å². The molecule has 3 nitrogen and oxygen atoms in total. The van der Waals surface area contributed by atoms with Crippen molar-refractivity contribution in [1.82, 2.24) is 4.90 Å². The molecule has 2 N–H and O–H groups in total. The molecule has 0 aliphatic carbocycles. The highest BCUT2D eigenvalue weighted by molar-refractivity contribution is 6.30. The molecule has 0 spiro atoms. The van der Waals surface area contributed by atoms with Crippen molar-refractivity contribution in [2.75, 3.05) is 19.7 Å². The molecule has 1 aliphatic rings. The summed E-state index contributed by atoms with van der Waals surface area (Å²) in [4.78, 5) is 2.46. The number of ether oxygens (including phenoxy) is 1. The van der Waals surface area contributed by atoms with Crippen LogP contribution in [0.1, 0.15) is 19.4 Å². The fraction of sp³-hybridized carbons (Fsp3) is 0.600. The van der Waals surface area contributed by atoms with E-state index in [9.17, 15) is 0 Å². The van der Waals surface area contributed by atoms with Crippen molar-refractivity contribution < 1.29 is 4.74 Å². The molecule has 1 fully saturated rings. The Morgan fingerprint density at radius 1 is 1.37 bits per heavy atom. The van der Waals surface area contributed by atoms with Crippen LogP contribution in [0.15, 0.2) is 24.3 Å². The minimum atomic E-state index is 0.0885. The standard InChI is InChI=1S/C15H23ClN2O/c1-11(9-13-3-5-14(16)6-4-13)18-7-8-19-15(10-18)12(2)17/h3-6,11-12,15H,7-10,17H2,1-2H3. The predicted octanol–water partition coefficient (Wildman–Crippen LogP) is 2.32. The van der Waals surface area contributed by atoms with Gasteiger partial charge in [-0.15, -0.1) is 0 Å². The molecule has 4 heteroatoms. The van der Waals surface area contributed by atoms with Crippen LogP contribution in [0.4, 0.5) is 0 Å². The summed E-state index contributed by atoms with van der Waals surface area (Å²) in [5, 5.41) is 0.791. The fourth-order valence-corrected chi connectivity index (χ4v) is 2.63. The van der Waals surface area contributed by atoms with Gasteiger partial charge in [0.15, 0.2) is 0 Å². The molecule has 106 valence electrons. The number of nitrogens with two attached hydrogens (primary N) is 1. The molecule has 0 amide bonds. The number of benzene rings is 1. The SMILES string of the molecule is CC(N)C1CN(C(C)Cc2ccc(Cl)cc2)CCO1. The van der Waals surface area contributed by atoms with Gasteiger partial charge in [-0.25, -0.2) is 0 Å². The largest absolute Gasteiger partial charge is 0.374 e. The van der Waals surface area contributed by atoms with Crippen LogP contribution in [-0.4, -0.2) is 42.8 Å². The van der Waals surface area contributed by atoms with E-state index in [0.717, 1.165) is 31.1 Å². The highest BCUT2D eigenvalue weighted by atomic mass is 35.5. The van der Waals surface area contributed by atoms with E-state index >= 15 is 0 Å². The van der Waals surface area contributed by atoms with Crippen molar-refractivity contribution in [3.63, 3.8) is 0 Å². The lowest BCUT2D eigenvalue weighted by Gasteiger charge is -2.38. The Hall–Kier alpha value is -0.610. The van der Waals surface area contributed by atoms with Crippen molar-refractivity contribution in [3.05, 3.63) is 34.9 Å². The number of hydrogen-bond donors (Lipinski definition) is 1. The summed E-state index contributed by atoms with van der Waals surface area (Å²) in [6, 6.07) is 8.68. The Balaban J connectivity index is 1.92. The van der Waals surface area contributed by atoms with Crippen LogP contribution in [0.25, 0.3) is 0 Å². The van der Waals surface area contributed by atoms with Crippen LogP contribution in [0, 0.1) is 0 Å². The maximum Gasteiger partial charge on any atom is 0.0850 e. The third-order valence-electron chi connectivity index (χ3n) is 3.78. The maximum absolute atomic E-state index is 5.93. The summed E-state index contributed by atoms with van der Waals surface area (Å²) in [6.07, 6.45) is 1.18. The smallest absolute Gasteiger partial charge is 0.0850 e. The predicted molar refractivity (Wildman–Crippen MR) is 79.6 cm³/mol. The summed E-state index contributed by atoms with van der Waals surface area (Å²) in [5.74, 6) is 0. The highest BCUT2D eigenvalue weighted by Gasteiger charge is 2.26.